The Balaban J connectivity index is 2.29. The van der Waals surface area contributed by atoms with E-state index in [1.54, 1.807) is 4.68 Å². The Bertz CT molecular complexity index is 731. The van der Waals surface area contributed by atoms with Gasteiger partial charge in [0, 0.05) is 5.56 Å². The normalized spacial score (nSPS) is 10.7. The maximum absolute atomic E-state index is 11.1. The van der Waals surface area contributed by atoms with Crippen molar-refractivity contribution in [1.29, 1.82) is 0 Å². The summed E-state index contributed by atoms with van der Waals surface area (Å²) in [6.45, 7) is 1.95. The van der Waals surface area contributed by atoms with Gasteiger partial charge in [-0.2, -0.15) is 0 Å². The van der Waals surface area contributed by atoms with Crippen molar-refractivity contribution in [1.82, 2.24) is 15.0 Å². The molecule has 0 atom stereocenters. The summed E-state index contributed by atoms with van der Waals surface area (Å²) >= 11 is 0. The van der Waals surface area contributed by atoms with Gasteiger partial charge < -0.3 is 0 Å². The number of aromatic nitrogens is 3. The highest BCUT2D eigenvalue weighted by molar-refractivity contribution is 5.84. The Morgan fingerprint density at radius 3 is 2.83 bits per heavy atom. The van der Waals surface area contributed by atoms with Crippen LogP contribution in [0.15, 0.2) is 42.5 Å². The summed E-state index contributed by atoms with van der Waals surface area (Å²) in [7, 11) is 0. The Morgan fingerprint density at radius 2 is 2.00 bits per heavy atom. The van der Waals surface area contributed by atoms with Crippen LogP contribution < -0.4 is 0 Å². The minimum absolute atomic E-state index is 0.616. The molecule has 0 saturated heterocycles. The van der Waals surface area contributed by atoms with E-state index in [0.29, 0.717) is 5.56 Å². The quantitative estimate of drug-likeness (QED) is 0.643. The molecule has 2 aromatic carbocycles. The number of nitrogens with zero attached hydrogens (tertiary/aromatic N) is 3. The first-order valence-electron chi connectivity index (χ1n) is 5.66. The molecule has 0 saturated carbocycles. The number of carbonyl (C=O) groups excluding carboxylic acids is 1. The van der Waals surface area contributed by atoms with Gasteiger partial charge >= 0.3 is 0 Å². The molecule has 0 N–H and O–H groups in total. The van der Waals surface area contributed by atoms with E-state index in [9.17, 15) is 4.79 Å². The summed E-state index contributed by atoms with van der Waals surface area (Å²) in [5.41, 5.74) is 4.12. The molecule has 0 spiro atoms. The van der Waals surface area contributed by atoms with Crippen molar-refractivity contribution in [2.45, 2.75) is 6.92 Å². The van der Waals surface area contributed by atoms with Gasteiger partial charge in [0.25, 0.3) is 0 Å². The van der Waals surface area contributed by atoms with Gasteiger partial charge in [0.05, 0.1) is 11.2 Å². The van der Waals surface area contributed by atoms with Gasteiger partial charge in [0.15, 0.2) is 6.29 Å². The summed E-state index contributed by atoms with van der Waals surface area (Å²) in [4.78, 5) is 11.1. The molecule has 0 aliphatic rings. The third-order valence-electron chi connectivity index (χ3n) is 2.89. The topological polar surface area (TPSA) is 47.8 Å². The van der Waals surface area contributed by atoms with Crippen LogP contribution in [0.4, 0.5) is 0 Å². The third-order valence-corrected chi connectivity index (χ3v) is 2.89. The molecule has 4 nitrogen and oxygen atoms in total. The molecule has 18 heavy (non-hydrogen) atoms. The standard InChI is InChI=1S/C14H11N3O/c1-10-6-7-13(11(8-10)9-18)17-14-5-3-2-4-12(14)15-16-17/h2-9H,1H3. The summed E-state index contributed by atoms with van der Waals surface area (Å²) in [6, 6.07) is 13.4. The van der Waals surface area contributed by atoms with Crippen LogP contribution in [-0.2, 0) is 0 Å². The second kappa shape index (κ2) is 4.07. The zero-order chi connectivity index (χ0) is 12.5. The number of aryl methyl sites for hydroxylation is 1. The van der Waals surface area contributed by atoms with Crippen LogP contribution in [0.2, 0.25) is 0 Å². The van der Waals surface area contributed by atoms with Crippen LogP contribution in [0.3, 0.4) is 0 Å². The minimum atomic E-state index is 0.616. The van der Waals surface area contributed by atoms with E-state index in [4.69, 9.17) is 0 Å². The van der Waals surface area contributed by atoms with E-state index >= 15 is 0 Å². The van der Waals surface area contributed by atoms with Crippen LogP contribution in [0.1, 0.15) is 15.9 Å². The average Bonchev–Trinajstić information content (AvgIpc) is 2.82. The lowest BCUT2D eigenvalue weighted by molar-refractivity contribution is 0.112. The zero-order valence-corrected chi connectivity index (χ0v) is 9.87. The fourth-order valence-electron chi connectivity index (χ4n) is 2.01. The molecule has 1 aromatic heterocycles. The molecule has 1 heterocycles. The van der Waals surface area contributed by atoms with Crippen molar-refractivity contribution in [2.24, 2.45) is 0 Å². The van der Waals surface area contributed by atoms with Crippen molar-refractivity contribution < 1.29 is 4.79 Å². The highest BCUT2D eigenvalue weighted by Gasteiger charge is 2.09. The lowest BCUT2D eigenvalue weighted by Crippen LogP contribution is -2.01. The van der Waals surface area contributed by atoms with Crippen LogP contribution >= 0.6 is 0 Å². The summed E-state index contributed by atoms with van der Waals surface area (Å²) in [5.74, 6) is 0. The first-order valence-corrected chi connectivity index (χ1v) is 5.66. The monoisotopic (exact) mass is 237 g/mol. The number of benzene rings is 2. The number of carbonyl (C=O) groups is 1. The number of hydrogen-bond donors (Lipinski definition) is 0. The predicted octanol–water partition coefficient (Wildman–Crippen LogP) is 2.54. The van der Waals surface area contributed by atoms with Gasteiger partial charge in [0.1, 0.15) is 5.52 Å². The summed E-state index contributed by atoms with van der Waals surface area (Å²) in [6.07, 6.45) is 0.846. The van der Waals surface area contributed by atoms with Crippen molar-refractivity contribution in [3.05, 3.63) is 53.6 Å². The number of aldehydes is 1. The van der Waals surface area contributed by atoms with Gasteiger partial charge in [-0.15, -0.1) is 5.10 Å². The van der Waals surface area contributed by atoms with Gasteiger partial charge in [-0.3, -0.25) is 4.79 Å². The lowest BCUT2D eigenvalue weighted by atomic mass is 10.1. The Kier molecular flexibility index (Phi) is 2.41. The molecule has 0 fully saturated rings. The Hall–Kier alpha value is -2.49. The van der Waals surface area contributed by atoms with E-state index in [1.807, 2.05) is 49.4 Å². The van der Waals surface area contributed by atoms with Crippen LogP contribution in [0.25, 0.3) is 16.7 Å². The molecular formula is C14H11N3O. The van der Waals surface area contributed by atoms with E-state index < -0.39 is 0 Å². The molecule has 88 valence electrons. The molecular weight excluding hydrogens is 226 g/mol. The summed E-state index contributed by atoms with van der Waals surface area (Å²) < 4.78 is 1.69. The highest BCUT2D eigenvalue weighted by Crippen LogP contribution is 2.19. The van der Waals surface area contributed by atoms with E-state index in [1.165, 1.54) is 0 Å². The maximum Gasteiger partial charge on any atom is 0.152 e. The number of hydrogen-bond acceptors (Lipinski definition) is 3. The van der Waals surface area contributed by atoms with Crippen molar-refractivity contribution in [2.75, 3.05) is 0 Å². The van der Waals surface area contributed by atoms with E-state index in [0.717, 1.165) is 28.6 Å². The molecule has 4 heteroatoms. The molecule has 0 unspecified atom stereocenters. The van der Waals surface area contributed by atoms with Crippen LogP contribution in [0.5, 0.6) is 0 Å². The van der Waals surface area contributed by atoms with Gasteiger partial charge in [-0.1, -0.05) is 29.0 Å². The van der Waals surface area contributed by atoms with Crippen molar-refractivity contribution in [3.8, 4) is 5.69 Å². The minimum Gasteiger partial charge on any atom is -0.298 e. The average molecular weight is 237 g/mol. The second-order valence-corrected chi connectivity index (χ2v) is 4.17. The number of rotatable bonds is 2. The number of fused-ring (bicyclic) bond motifs is 1. The molecule has 0 amide bonds. The van der Waals surface area contributed by atoms with Gasteiger partial charge in [0.2, 0.25) is 0 Å². The van der Waals surface area contributed by atoms with Gasteiger partial charge in [-0.25, -0.2) is 4.68 Å². The third kappa shape index (κ3) is 1.59. The predicted molar refractivity (Wildman–Crippen MR) is 69.0 cm³/mol. The van der Waals surface area contributed by atoms with E-state index in [-0.39, 0.29) is 0 Å². The Labute approximate surface area is 104 Å². The SMILES string of the molecule is Cc1ccc(-n2nnc3ccccc32)c(C=O)c1. The molecule has 3 rings (SSSR count). The summed E-state index contributed by atoms with van der Waals surface area (Å²) in [5, 5.41) is 8.20. The lowest BCUT2D eigenvalue weighted by Gasteiger charge is -2.06. The van der Waals surface area contributed by atoms with Crippen LogP contribution in [0, 0.1) is 6.92 Å². The van der Waals surface area contributed by atoms with E-state index in [2.05, 4.69) is 10.3 Å². The first kappa shape index (κ1) is 10.7. The second-order valence-electron chi connectivity index (χ2n) is 4.17. The molecule has 0 radical (unpaired) electrons. The highest BCUT2D eigenvalue weighted by atomic mass is 16.1. The molecule has 3 aromatic rings. The van der Waals surface area contributed by atoms with Gasteiger partial charge in [-0.05, 0) is 31.2 Å². The number of para-hydroxylation sites is 1. The fourth-order valence-corrected chi connectivity index (χ4v) is 2.01. The fraction of sp³-hybridized carbons (Fsp3) is 0.0714. The van der Waals surface area contributed by atoms with Crippen molar-refractivity contribution in [3.63, 3.8) is 0 Å². The largest absolute Gasteiger partial charge is 0.298 e. The molecule has 0 aliphatic carbocycles. The maximum atomic E-state index is 11.1. The Morgan fingerprint density at radius 1 is 1.17 bits per heavy atom. The molecule has 0 bridgehead atoms. The van der Waals surface area contributed by atoms with Crippen molar-refractivity contribution >= 4 is 17.3 Å². The zero-order valence-electron chi connectivity index (χ0n) is 9.87. The smallest absolute Gasteiger partial charge is 0.152 e. The molecule has 0 aliphatic heterocycles. The van der Waals surface area contributed by atoms with Crippen LogP contribution in [-0.4, -0.2) is 21.3 Å². The first-order chi connectivity index (χ1) is 8.79.